The highest BCUT2D eigenvalue weighted by Crippen LogP contribution is 2.33. The zero-order valence-corrected chi connectivity index (χ0v) is 8.41. The van der Waals surface area contributed by atoms with Crippen molar-refractivity contribution in [3.8, 4) is 11.8 Å². The number of nitrogens with zero attached hydrogens (tertiary/aromatic N) is 2. The minimum Gasteiger partial charge on any atom is -0.488 e. The van der Waals surface area contributed by atoms with Crippen molar-refractivity contribution >= 4 is 15.9 Å². The van der Waals surface area contributed by atoms with Crippen LogP contribution < -0.4 is 4.74 Å². The number of pyridine rings is 1. The minimum absolute atomic E-state index is 0.297. The summed E-state index contributed by atoms with van der Waals surface area (Å²) < 4.78 is 6.32. The van der Waals surface area contributed by atoms with E-state index in [4.69, 9.17) is 10.00 Å². The van der Waals surface area contributed by atoms with Gasteiger partial charge in [-0.3, -0.25) is 4.98 Å². The summed E-state index contributed by atoms with van der Waals surface area (Å²) >= 11 is 3.31. The van der Waals surface area contributed by atoms with E-state index in [1.54, 1.807) is 6.20 Å². The van der Waals surface area contributed by atoms with E-state index in [2.05, 4.69) is 27.0 Å². The molecule has 0 atom stereocenters. The third-order valence-electron chi connectivity index (χ3n) is 1.78. The van der Waals surface area contributed by atoms with Crippen molar-refractivity contribution in [1.82, 2.24) is 4.98 Å². The molecule has 1 aromatic rings. The largest absolute Gasteiger partial charge is 0.488 e. The van der Waals surface area contributed by atoms with E-state index in [-0.39, 0.29) is 0 Å². The molecule has 1 aliphatic carbocycles. The fourth-order valence-electron chi connectivity index (χ4n) is 0.975. The van der Waals surface area contributed by atoms with Gasteiger partial charge in [0.15, 0.2) is 5.75 Å². The maximum atomic E-state index is 8.79. The Labute approximate surface area is 84.5 Å². The molecule has 0 aliphatic heterocycles. The van der Waals surface area contributed by atoms with Gasteiger partial charge in [-0.15, -0.1) is 0 Å². The smallest absolute Gasteiger partial charge is 0.154 e. The van der Waals surface area contributed by atoms with Gasteiger partial charge < -0.3 is 4.74 Å². The number of nitriles is 1. The molecular weight excluding hydrogens is 232 g/mol. The standard InChI is InChI=1S/C9H7BrN2O/c10-8-5-12-4-6(3-11)9(8)13-7-1-2-7/h4-5,7H,1-2H2. The fraction of sp³-hybridized carbons (Fsp3) is 0.333. The Morgan fingerprint density at radius 3 is 2.92 bits per heavy atom. The second-order valence-electron chi connectivity index (χ2n) is 2.93. The van der Waals surface area contributed by atoms with Crippen LogP contribution in [0, 0.1) is 11.3 Å². The van der Waals surface area contributed by atoms with Gasteiger partial charge in [0, 0.05) is 12.4 Å². The van der Waals surface area contributed by atoms with Crippen LogP contribution in [0.4, 0.5) is 0 Å². The highest BCUT2D eigenvalue weighted by atomic mass is 79.9. The van der Waals surface area contributed by atoms with Gasteiger partial charge in [-0.1, -0.05) is 0 Å². The number of rotatable bonds is 2. The van der Waals surface area contributed by atoms with Crippen molar-refractivity contribution in [3.63, 3.8) is 0 Å². The molecule has 0 unspecified atom stereocenters. The molecule has 1 heterocycles. The van der Waals surface area contributed by atoms with Crippen LogP contribution in [0.5, 0.6) is 5.75 Å². The Hall–Kier alpha value is -1.08. The summed E-state index contributed by atoms with van der Waals surface area (Å²) in [6.45, 7) is 0. The van der Waals surface area contributed by atoms with Crippen LogP contribution in [0.1, 0.15) is 18.4 Å². The second-order valence-corrected chi connectivity index (χ2v) is 3.78. The summed E-state index contributed by atoms with van der Waals surface area (Å²) in [5.41, 5.74) is 0.487. The molecule has 1 fully saturated rings. The molecule has 2 rings (SSSR count). The highest BCUT2D eigenvalue weighted by Gasteiger charge is 2.25. The lowest BCUT2D eigenvalue weighted by Gasteiger charge is -2.07. The second kappa shape index (κ2) is 3.35. The first-order valence-electron chi connectivity index (χ1n) is 4.01. The maximum absolute atomic E-state index is 8.79. The number of hydrogen-bond donors (Lipinski definition) is 0. The van der Waals surface area contributed by atoms with Crippen LogP contribution in [0.15, 0.2) is 16.9 Å². The molecule has 0 spiro atoms. The lowest BCUT2D eigenvalue weighted by atomic mass is 10.3. The molecule has 13 heavy (non-hydrogen) atoms. The van der Waals surface area contributed by atoms with Crippen LogP contribution in [-0.4, -0.2) is 11.1 Å². The summed E-state index contributed by atoms with van der Waals surface area (Å²) in [5.74, 6) is 0.625. The molecule has 0 radical (unpaired) electrons. The van der Waals surface area contributed by atoms with E-state index >= 15 is 0 Å². The Bertz CT molecular complexity index is 368. The van der Waals surface area contributed by atoms with Gasteiger partial charge in [-0.05, 0) is 28.8 Å². The molecule has 0 saturated heterocycles. The van der Waals surface area contributed by atoms with E-state index in [9.17, 15) is 0 Å². The van der Waals surface area contributed by atoms with Gasteiger partial charge >= 0.3 is 0 Å². The first-order valence-corrected chi connectivity index (χ1v) is 4.81. The van der Waals surface area contributed by atoms with Crippen LogP contribution in [0.3, 0.4) is 0 Å². The Morgan fingerprint density at radius 1 is 1.54 bits per heavy atom. The average Bonchev–Trinajstić information content (AvgIpc) is 2.92. The average molecular weight is 239 g/mol. The molecule has 0 amide bonds. The predicted octanol–water partition coefficient (Wildman–Crippen LogP) is 2.26. The van der Waals surface area contributed by atoms with Crippen molar-refractivity contribution < 1.29 is 4.74 Å². The van der Waals surface area contributed by atoms with Gasteiger partial charge in [-0.2, -0.15) is 5.26 Å². The zero-order chi connectivity index (χ0) is 9.26. The SMILES string of the molecule is N#Cc1cncc(Br)c1OC1CC1. The molecular formula is C9H7BrN2O. The topological polar surface area (TPSA) is 45.9 Å². The maximum Gasteiger partial charge on any atom is 0.154 e. The van der Waals surface area contributed by atoms with Gasteiger partial charge in [0.1, 0.15) is 11.6 Å². The van der Waals surface area contributed by atoms with E-state index in [1.165, 1.54) is 6.20 Å². The highest BCUT2D eigenvalue weighted by molar-refractivity contribution is 9.10. The molecule has 1 aliphatic rings. The van der Waals surface area contributed by atoms with Crippen LogP contribution in [0.25, 0.3) is 0 Å². The third-order valence-corrected chi connectivity index (χ3v) is 2.35. The van der Waals surface area contributed by atoms with Crippen LogP contribution in [-0.2, 0) is 0 Å². The quantitative estimate of drug-likeness (QED) is 0.795. The normalized spacial score (nSPS) is 15.1. The number of aromatic nitrogens is 1. The summed E-state index contributed by atoms with van der Waals surface area (Å²) in [6, 6.07) is 2.05. The third kappa shape index (κ3) is 1.81. The van der Waals surface area contributed by atoms with Gasteiger partial charge in [0.25, 0.3) is 0 Å². The monoisotopic (exact) mass is 238 g/mol. The molecule has 0 aromatic carbocycles. The fourth-order valence-corrected chi connectivity index (χ4v) is 1.40. The van der Waals surface area contributed by atoms with Crippen molar-refractivity contribution in [2.75, 3.05) is 0 Å². The van der Waals surface area contributed by atoms with Crippen LogP contribution in [0.2, 0.25) is 0 Å². The summed E-state index contributed by atoms with van der Waals surface area (Å²) in [4.78, 5) is 3.89. The van der Waals surface area contributed by atoms with E-state index < -0.39 is 0 Å². The Kier molecular flexibility index (Phi) is 2.19. The lowest BCUT2D eigenvalue weighted by molar-refractivity contribution is 0.300. The van der Waals surface area contributed by atoms with Crippen LogP contribution >= 0.6 is 15.9 Å². The Balaban J connectivity index is 2.34. The number of hydrogen-bond acceptors (Lipinski definition) is 3. The molecule has 1 aromatic heterocycles. The zero-order valence-electron chi connectivity index (χ0n) is 6.83. The first kappa shape index (κ1) is 8.52. The molecule has 66 valence electrons. The number of halogens is 1. The van der Waals surface area contributed by atoms with Crippen molar-refractivity contribution in [2.24, 2.45) is 0 Å². The van der Waals surface area contributed by atoms with E-state index in [1.807, 2.05) is 0 Å². The summed E-state index contributed by atoms with van der Waals surface area (Å²) in [6.07, 6.45) is 5.62. The first-order chi connectivity index (χ1) is 6.31. The van der Waals surface area contributed by atoms with E-state index in [0.29, 0.717) is 17.4 Å². The van der Waals surface area contributed by atoms with Gasteiger partial charge in [0.05, 0.1) is 10.6 Å². The van der Waals surface area contributed by atoms with Crippen molar-refractivity contribution in [1.29, 1.82) is 5.26 Å². The molecule has 1 saturated carbocycles. The molecule has 3 nitrogen and oxygen atoms in total. The van der Waals surface area contributed by atoms with Gasteiger partial charge in [0.2, 0.25) is 0 Å². The molecule has 4 heteroatoms. The van der Waals surface area contributed by atoms with Crippen molar-refractivity contribution in [3.05, 3.63) is 22.4 Å². The summed E-state index contributed by atoms with van der Waals surface area (Å²) in [7, 11) is 0. The van der Waals surface area contributed by atoms with Crippen molar-refractivity contribution in [2.45, 2.75) is 18.9 Å². The summed E-state index contributed by atoms with van der Waals surface area (Å²) in [5, 5.41) is 8.79. The number of ether oxygens (including phenoxy) is 1. The Morgan fingerprint density at radius 2 is 2.31 bits per heavy atom. The molecule has 0 bridgehead atoms. The molecule has 0 N–H and O–H groups in total. The minimum atomic E-state index is 0.297. The predicted molar refractivity (Wildman–Crippen MR) is 50.3 cm³/mol. The van der Waals surface area contributed by atoms with Gasteiger partial charge in [-0.25, -0.2) is 0 Å². The van der Waals surface area contributed by atoms with E-state index in [0.717, 1.165) is 17.3 Å². The lowest BCUT2D eigenvalue weighted by Crippen LogP contribution is -1.99.